The van der Waals surface area contributed by atoms with Crippen molar-refractivity contribution in [2.45, 2.75) is 25.8 Å². The predicted molar refractivity (Wildman–Crippen MR) is 109 cm³/mol. The number of hydrogen-bond donors (Lipinski definition) is 1. The fourth-order valence-electron chi connectivity index (χ4n) is 3.98. The summed E-state index contributed by atoms with van der Waals surface area (Å²) in [6.07, 6.45) is 5.71. The first-order chi connectivity index (χ1) is 13.1. The van der Waals surface area contributed by atoms with Gasteiger partial charge in [-0.05, 0) is 62.2 Å². The molecule has 0 spiro atoms. The van der Waals surface area contributed by atoms with Gasteiger partial charge < -0.3 is 5.32 Å². The highest BCUT2D eigenvalue weighted by Crippen LogP contribution is 2.34. The normalized spacial score (nSPS) is 15.8. The molecule has 1 fully saturated rings. The number of piperidine rings is 1. The molecule has 1 saturated heterocycles. The molecule has 7 heteroatoms. The number of benzene rings is 1. The van der Waals surface area contributed by atoms with Gasteiger partial charge in [-0.1, -0.05) is 0 Å². The monoisotopic (exact) mass is 379 g/mol. The summed E-state index contributed by atoms with van der Waals surface area (Å²) in [6.45, 7) is 3.99. The summed E-state index contributed by atoms with van der Waals surface area (Å²) in [4.78, 5) is 18.7. The third-order valence-electron chi connectivity index (χ3n) is 5.36. The number of rotatable bonds is 2. The Morgan fingerprint density at radius 1 is 1.22 bits per heavy atom. The van der Waals surface area contributed by atoms with Gasteiger partial charge in [0.25, 0.3) is 5.56 Å². The highest BCUT2D eigenvalue weighted by Gasteiger charge is 2.19. The number of fused-ring (bicyclic) bond motifs is 2. The standard InChI is InChI=1S/C20H21N5OS/c1-12-7-13(8-14-10-24(2)23-18(12)14)17-9-16-19(27-17)20(26)25(11-22-16)15-3-5-21-6-4-15/h7-11,15,21H,3-6H2,1-2H3. The maximum Gasteiger partial charge on any atom is 0.271 e. The molecule has 1 N–H and O–H groups in total. The third-order valence-corrected chi connectivity index (χ3v) is 6.52. The average molecular weight is 379 g/mol. The van der Waals surface area contributed by atoms with E-state index in [1.165, 1.54) is 0 Å². The molecular weight excluding hydrogens is 358 g/mol. The van der Waals surface area contributed by atoms with Crippen molar-refractivity contribution in [2.75, 3.05) is 13.1 Å². The van der Waals surface area contributed by atoms with Crippen molar-refractivity contribution in [3.63, 3.8) is 0 Å². The van der Waals surface area contributed by atoms with Crippen LogP contribution in [0.25, 0.3) is 31.6 Å². The minimum atomic E-state index is 0.0855. The van der Waals surface area contributed by atoms with Gasteiger partial charge in [-0.15, -0.1) is 11.3 Å². The highest BCUT2D eigenvalue weighted by atomic mass is 32.1. The Balaban J connectivity index is 1.62. The van der Waals surface area contributed by atoms with Gasteiger partial charge in [0.2, 0.25) is 0 Å². The van der Waals surface area contributed by atoms with E-state index in [0.29, 0.717) is 0 Å². The number of hydrogen-bond acceptors (Lipinski definition) is 5. The molecular formula is C20H21N5OS. The lowest BCUT2D eigenvalue weighted by molar-refractivity contribution is 0.359. The molecule has 1 aliphatic rings. The molecule has 1 aromatic carbocycles. The molecule has 4 heterocycles. The van der Waals surface area contributed by atoms with E-state index in [1.54, 1.807) is 17.7 Å². The van der Waals surface area contributed by atoms with Crippen molar-refractivity contribution in [1.82, 2.24) is 24.6 Å². The second-order valence-corrected chi connectivity index (χ2v) is 8.35. The van der Waals surface area contributed by atoms with Crippen LogP contribution in [0.2, 0.25) is 0 Å². The smallest absolute Gasteiger partial charge is 0.271 e. The summed E-state index contributed by atoms with van der Waals surface area (Å²) in [7, 11) is 1.94. The zero-order chi connectivity index (χ0) is 18.5. The molecule has 0 aliphatic carbocycles. The van der Waals surface area contributed by atoms with E-state index in [4.69, 9.17) is 0 Å². The number of aromatic nitrogens is 4. The number of nitrogens with one attached hydrogen (secondary N) is 1. The summed E-state index contributed by atoms with van der Waals surface area (Å²) < 4.78 is 4.42. The first-order valence-corrected chi connectivity index (χ1v) is 10.1. The van der Waals surface area contributed by atoms with Gasteiger partial charge in [-0.25, -0.2) is 4.98 Å². The second kappa shape index (κ2) is 6.28. The Labute approximate surface area is 160 Å². The quantitative estimate of drug-likeness (QED) is 0.581. The summed E-state index contributed by atoms with van der Waals surface area (Å²) in [5.74, 6) is 0. The topological polar surface area (TPSA) is 64.7 Å². The molecule has 0 saturated carbocycles. The van der Waals surface area contributed by atoms with Crippen LogP contribution < -0.4 is 10.9 Å². The van der Waals surface area contributed by atoms with Gasteiger partial charge in [0.05, 0.1) is 17.4 Å². The van der Waals surface area contributed by atoms with Crippen LogP contribution in [0.4, 0.5) is 0 Å². The van der Waals surface area contributed by atoms with Crippen molar-refractivity contribution in [3.8, 4) is 10.4 Å². The lowest BCUT2D eigenvalue weighted by atomic mass is 10.1. The molecule has 1 aliphatic heterocycles. The van der Waals surface area contributed by atoms with Gasteiger partial charge in [0.1, 0.15) is 4.70 Å². The maximum absolute atomic E-state index is 13.1. The Bertz CT molecular complexity index is 1210. The Morgan fingerprint density at radius 2 is 2.04 bits per heavy atom. The van der Waals surface area contributed by atoms with E-state index in [2.05, 4.69) is 34.5 Å². The second-order valence-electron chi connectivity index (χ2n) is 7.30. The molecule has 0 atom stereocenters. The van der Waals surface area contributed by atoms with Crippen LogP contribution in [0, 0.1) is 6.92 Å². The zero-order valence-corrected chi connectivity index (χ0v) is 16.2. The summed E-state index contributed by atoms with van der Waals surface area (Å²) in [5, 5.41) is 8.98. The predicted octanol–water partition coefficient (Wildman–Crippen LogP) is 3.24. The molecule has 27 heavy (non-hydrogen) atoms. The Hall–Kier alpha value is -2.51. The molecule has 138 valence electrons. The van der Waals surface area contributed by atoms with Crippen molar-refractivity contribution in [2.24, 2.45) is 7.05 Å². The lowest BCUT2D eigenvalue weighted by Crippen LogP contribution is -2.34. The molecule has 0 bridgehead atoms. The largest absolute Gasteiger partial charge is 0.317 e. The van der Waals surface area contributed by atoms with Crippen molar-refractivity contribution >= 4 is 32.5 Å². The molecule has 6 nitrogen and oxygen atoms in total. The van der Waals surface area contributed by atoms with E-state index in [1.807, 2.05) is 28.6 Å². The molecule has 0 unspecified atom stereocenters. The maximum atomic E-state index is 13.1. The highest BCUT2D eigenvalue weighted by molar-refractivity contribution is 7.22. The minimum absolute atomic E-state index is 0.0855. The van der Waals surface area contributed by atoms with Gasteiger partial charge >= 0.3 is 0 Å². The van der Waals surface area contributed by atoms with Crippen molar-refractivity contribution < 1.29 is 0 Å². The lowest BCUT2D eigenvalue weighted by Gasteiger charge is -2.24. The Kier molecular flexibility index (Phi) is 3.87. The van der Waals surface area contributed by atoms with Crippen LogP contribution in [0.5, 0.6) is 0 Å². The number of aryl methyl sites for hydroxylation is 2. The fraction of sp³-hybridized carbons (Fsp3) is 0.350. The number of nitrogens with zero attached hydrogens (tertiary/aromatic N) is 4. The molecule has 0 radical (unpaired) electrons. The summed E-state index contributed by atoms with van der Waals surface area (Å²) in [5.41, 5.74) is 4.15. The first-order valence-electron chi connectivity index (χ1n) is 9.26. The van der Waals surface area contributed by atoms with E-state index in [-0.39, 0.29) is 11.6 Å². The van der Waals surface area contributed by atoms with Gasteiger partial charge in [0.15, 0.2) is 0 Å². The molecule has 3 aromatic heterocycles. The molecule has 0 amide bonds. The van der Waals surface area contributed by atoms with Gasteiger partial charge in [0, 0.05) is 29.5 Å². The van der Waals surface area contributed by atoms with E-state index in [0.717, 1.165) is 63.1 Å². The molecule has 4 aromatic rings. The first kappa shape index (κ1) is 16.6. The summed E-state index contributed by atoms with van der Waals surface area (Å²) in [6, 6.07) is 6.57. The van der Waals surface area contributed by atoms with Crippen LogP contribution in [0.1, 0.15) is 24.4 Å². The van der Waals surface area contributed by atoms with Crippen LogP contribution in [-0.2, 0) is 7.05 Å². The fourth-order valence-corrected chi connectivity index (χ4v) is 5.02. The van der Waals surface area contributed by atoms with E-state index < -0.39 is 0 Å². The SMILES string of the molecule is Cc1cc(-c2cc3ncn(C4CCNCC4)c(=O)c3s2)cc2cn(C)nc12. The Morgan fingerprint density at radius 3 is 2.85 bits per heavy atom. The van der Waals surface area contributed by atoms with E-state index in [9.17, 15) is 4.79 Å². The van der Waals surface area contributed by atoms with Crippen molar-refractivity contribution in [1.29, 1.82) is 0 Å². The van der Waals surface area contributed by atoms with Crippen molar-refractivity contribution in [3.05, 3.63) is 46.6 Å². The van der Waals surface area contributed by atoms with Crippen LogP contribution in [0.15, 0.2) is 35.5 Å². The van der Waals surface area contributed by atoms with Crippen LogP contribution >= 0.6 is 11.3 Å². The van der Waals surface area contributed by atoms with Crippen LogP contribution in [-0.4, -0.2) is 32.4 Å². The van der Waals surface area contributed by atoms with Gasteiger partial charge in [-0.2, -0.15) is 5.10 Å². The zero-order valence-electron chi connectivity index (χ0n) is 15.4. The third kappa shape index (κ3) is 2.78. The number of thiophene rings is 1. The van der Waals surface area contributed by atoms with Gasteiger partial charge in [-0.3, -0.25) is 14.0 Å². The summed E-state index contributed by atoms with van der Waals surface area (Å²) >= 11 is 1.54. The average Bonchev–Trinajstić information content (AvgIpc) is 3.26. The molecule has 5 rings (SSSR count). The van der Waals surface area contributed by atoms with E-state index >= 15 is 0 Å². The van der Waals surface area contributed by atoms with Crippen LogP contribution in [0.3, 0.4) is 0 Å². The minimum Gasteiger partial charge on any atom is -0.317 e.